The third-order valence-corrected chi connectivity index (χ3v) is 4.42. The second-order valence-corrected chi connectivity index (χ2v) is 4.92. The fraction of sp³-hybridized carbons (Fsp3) is 0.636. The Balaban J connectivity index is 2.23. The first-order valence-corrected chi connectivity index (χ1v) is 6.49. The van der Waals surface area contributed by atoms with Gasteiger partial charge in [0, 0.05) is 17.5 Å². The van der Waals surface area contributed by atoms with Crippen LogP contribution in [0.4, 0.5) is 0 Å². The fourth-order valence-corrected chi connectivity index (χ4v) is 2.72. The molecule has 0 amide bonds. The van der Waals surface area contributed by atoms with Gasteiger partial charge < -0.3 is 4.74 Å². The maximum Gasteiger partial charge on any atom is 0.266 e. The number of ether oxygens (including phenoxy) is 1. The molecule has 0 saturated heterocycles. The molecule has 1 heterocycles. The molecule has 88 valence electrons. The Hall–Kier alpha value is -0.840. The van der Waals surface area contributed by atoms with Crippen LogP contribution < -0.4 is 10.3 Å². The van der Waals surface area contributed by atoms with Crippen molar-refractivity contribution in [1.82, 2.24) is 9.78 Å². The number of hydrogen-bond acceptors (Lipinski definition) is 3. The summed E-state index contributed by atoms with van der Waals surface area (Å²) in [6, 6.07) is 3.10. The number of nitrogens with zero attached hydrogens (tertiary/aromatic N) is 2. The minimum Gasteiger partial charge on any atom is -0.480 e. The summed E-state index contributed by atoms with van der Waals surface area (Å²) < 4.78 is 6.54. The van der Waals surface area contributed by atoms with Crippen LogP contribution >= 0.6 is 15.9 Å². The van der Waals surface area contributed by atoms with Gasteiger partial charge in [-0.25, -0.2) is 4.68 Å². The van der Waals surface area contributed by atoms with Crippen molar-refractivity contribution >= 4 is 15.9 Å². The first-order valence-electron chi connectivity index (χ1n) is 5.37. The molecule has 1 saturated carbocycles. The third kappa shape index (κ3) is 2.14. The van der Waals surface area contributed by atoms with E-state index in [0.717, 1.165) is 18.2 Å². The van der Waals surface area contributed by atoms with Crippen LogP contribution in [-0.2, 0) is 6.54 Å². The number of halogens is 1. The van der Waals surface area contributed by atoms with Crippen molar-refractivity contribution in [3.63, 3.8) is 0 Å². The molecule has 0 aromatic carbocycles. The highest BCUT2D eigenvalue weighted by Crippen LogP contribution is 2.43. The second-order valence-electron chi connectivity index (χ2n) is 4.36. The van der Waals surface area contributed by atoms with Crippen LogP contribution in [-0.4, -0.2) is 22.2 Å². The van der Waals surface area contributed by atoms with Crippen LogP contribution in [0.25, 0.3) is 0 Å². The quantitative estimate of drug-likeness (QED) is 0.793. The molecule has 0 spiro atoms. The molecule has 1 aliphatic rings. The summed E-state index contributed by atoms with van der Waals surface area (Å²) >= 11 is 3.53. The van der Waals surface area contributed by atoms with E-state index in [1.807, 2.05) is 0 Å². The smallest absolute Gasteiger partial charge is 0.266 e. The number of hydrogen-bond donors (Lipinski definition) is 0. The van der Waals surface area contributed by atoms with Gasteiger partial charge in [0.25, 0.3) is 5.56 Å². The molecule has 0 bridgehead atoms. The molecule has 4 nitrogen and oxygen atoms in total. The number of methoxy groups -OCH3 is 1. The lowest BCUT2D eigenvalue weighted by Gasteiger charge is -2.40. The molecule has 0 radical (unpaired) electrons. The lowest BCUT2D eigenvalue weighted by molar-refractivity contribution is 0.129. The molecular weight excluding hydrogens is 272 g/mol. The van der Waals surface area contributed by atoms with Gasteiger partial charge in [-0.1, -0.05) is 22.4 Å². The summed E-state index contributed by atoms with van der Waals surface area (Å²) in [7, 11) is 1.56. The van der Waals surface area contributed by atoms with Crippen molar-refractivity contribution in [2.45, 2.75) is 25.8 Å². The Labute approximate surface area is 103 Å². The van der Waals surface area contributed by atoms with Crippen molar-refractivity contribution in [3.05, 3.63) is 22.5 Å². The summed E-state index contributed by atoms with van der Waals surface area (Å²) in [5.41, 5.74) is 0.149. The van der Waals surface area contributed by atoms with Crippen LogP contribution in [0.15, 0.2) is 16.9 Å². The number of rotatable bonds is 4. The Morgan fingerprint density at radius 1 is 1.56 bits per heavy atom. The van der Waals surface area contributed by atoms with E-state index in [4.69, 9.17) is 4.74 Å². The summed E-state index contributed by atoms with van der Waals surface area (Å²) in [6.07, 6.45) is 3.55. The number of alkyl halides is 1. The van der Waals surface area contributed by atoms with E-state index in [-0.39, 0.29) is 11.0 Å². The van der Waals surface area contributed by atoms with Crippen molar-refractivity contribution < 1.29 is 4.74 Å². The molecular formula is C11H15BrN2O2. The highest BCUT2D eigenvalue weighted by atomic mass is 79.9. The van der Waals surface area contributed by atoms with Crippen LogP contribution in [0.1, 0.15) is 19.3 Å². The van der Waals surface area contributed by atoms with Gasteiger partial charge in [-0.05, 0) is 18.3 Å². The molecule has 0 N–H and O–H groups in total. The Morgan fingerprint density at radius 2 is 2.31 bits per heavy atom. The standard InChI is InChI=1S/C11H15BrN2O2/c1-16-9-3-4-10(15)14(13-9)8-11(7-12)5-2-6-11/h3-4H,2,5-8H2,1H3. The van der Waals surface area contributed by atoms with Crippen LogP contribution in [0.2, 0.25) is 0 Å². The van der Waals surface area contributed by atoms with Gasteiger partial charge in [0.05, 0.1) is 13.7 Å². The van der Waals surface area contributed by atoms with Gasteiger partial charge >= 0.3 is 0 Å². The largest absolute Gasteiger partial charge is 0.480 e. The normalized spacial score (nSPS) is 17.9. The van der Waals surface area contributed by atoms with Crippen LogP contribution in [0.5, 0.6) is 5.88 Å². The summed E-state index contributed by atoms with van der Waals surface area (Å²) in [4.78, 5) is 11.7. The average Bonchev–Trinajstić information content (AvgIpc) is 2.26. The zero-order chi connectivity index (χ0) is 11.6. The molecule has 16 heavy (non-hydrogen) atoms. The van der Waals surface area contributed by atoms with Crippen LogP contribution in [0, 0.1) is 5.41 Å². The molecule has 1 aromatic heterocycles. The van der Waals surface area contributed by atoms with Crippen molar-refractivity contribution in [2.75, 3.05) is 12.4 Å². The molecule has 0 atom stereocenters. The van der Waals surface area contributed by atoms with E-state index in [1.165, 1.54) is 17.2 Å². The number of aromatic nitrogens is 2. The van der Waals surface area contributed by atoms with Gasteiger partial charge in [-0.3, -0.25) is 4.79 Å². The van der Waals surface area contributed by atoms with Gasteiger partial charge in [0.1, 0.15) is 0 Å². The van der Waals surface area contributed by atoms with Gasteiger partial charge in [0.15, 0.2) is 0 Å². The summed E-state index contributed by atoms with van der Waals surface area (Å²) in [5.74, 6) is 0.489. The predicted molar refractivity (Wildman–Crippen MR) is 65.1 cm³/mol. The first kappa shape index (κ1) is 11.6. The minimum absolute atomic E-state index is 0.0620. The van der Waals surface area contributed by atoms with Gasteiger partial charge in [0.2, 0.25) is 5.88 Å². The fourth-order valence-electron chi connectivity index (χ4n) is 1.98. The van der Waals surface area contributed by atoms with Gasteiger partial charge in [-0.2, -0.15) is 0 Å². The molecule has 0 aliphatic heterocycles. The second kappa shape index (κ2) is 4.57. The Morgan fingerprint density at radius 3 is 2.81 bits per heavy atom. The first-order chi connectivity index (χ1) is 7.69. The van der Waals surface area contributed by atoms with Crippen molar-refractivity contribution in [3.8, 4) is 5.88 Å². The molecule has 1 aliphatic carbocycles. The van der Waals surface area contributed by atoms with Gasteiger partial charge in [-0.15, -0.1) is 5.10 Å². The molecule has 0 unspecified atom stereocenters. The SMILES string of the molecule is COc1ccc(=O)n(CC2(CBr)CCC2)n1. The highest BCUT2D eigenvalue weighted by molar-refractivity contribution is 9.09. The molecule has 1 aromatic rings. The third-order valence-electron chi connectivity index (χ3n) is 3.23. The van der Waals surface area contributed by atoms with E-state index in [0.29, 0.717) is 12.4 Å². The maximum absolute atomic E-state index is 11.7. The lowest BCUT2D eigenvalue weighted by atomic mass is 9.70. The summed E-state index contributed by atoms with van der Waals surface area (Å²) in [6.45, 7) is 0.675. The predicted octanol–water partition coefficient (Wildman–Crippen LogP) is 1.82. The maximum atomic E-state index is 11.7. The summed E-state index contributed by atoms with van der Waals surface area (Å²) in [5, 5.41) is 5.09. The molecule has 2 rings (SSSR count). The zero-order valence-electron chi connectivity index (χ0n) is 9.28. The lowest BCUT2D eigenvalue weighted by Crippen LogP contribution is -2.39. The van der Waals surface area contributed by atoms with E-state index in [1.54, 1.807) is 13.2 Å². The van der Waals surface area contributed by atoms with Crippen molar-refractivity contribution in [1.29, 1.82) is 0 Å². The minimum atomic E-state index is -0.0620. The average molecular weight is 287 g/mol. The van der Waals surface area contributed by atoms with E-state index < -0.39 is 0 Å². The van der Waals surface area contributed by atoms with E-state index in [9.17, 15) is 4.79 Å². The Kier molecular flexibility index (Phi) is 3.33. The zero-order valence-corrected chi connectivity index (χ0v) is 10.9. The van der Waals surface area contributed by atoms with Crippen LogP contribution in [0.3, 0.4) is 0 Å². The molecule has 1 fully saturated rings. The van der Waals surface area contributed by atoms with E-state index in [2.05, 4.69) is 21.0 Å². The topological polar surface area (TPSA) is 44.1 Å². The highest BCUT2D eigenvalue weighted by Gasteiger charge is 2.36. The van der Waals surface area contributed by atoms with E-state index >= 15 is 0 Å². The molecule has 5 heteroatoms. The Bertz CT molecular complexity index is 421. The monoisotopic (exact) mass is 286 g/mol. The van der Waals surface area contributed by atoms with Crippen molar-refractivity contribution in [2.24, 2.45) is 5.41 Å².